The largest absolute Gasteiger partial charge is 0.441 e. The van der Waals surface area contributed by atoms with Crippen molar-refractivity contribution < 1.29 is 38.9 Å². The number of hydrogen-bond donors (Lipinski definition) is 5. The molecule has 1 heterocycles. The van der Waals surface area contributed by atoms with Crippen LogP contribution < -0.4 is 16.4 Å². The molecule has 0 saturated heterocycles. The topological polar surface area (TPSA) is 177 Å². The van der Waals surface area contributed by atoms with Crippen molar-refractivity contribution in [3.8, 4) is 0 Å². The summed E-state index contributed by atoms with van der Waals surface area (Å²) in [5.41, 5.74) is 6.16. The molecule has 0 unspecified atom stereocenters. The molecule has 0 radical (unpaired) electrons. The van der Waals surface area contributed by atoms with Gasteiger partial charge in [0.05, 0.1) is 30.2 Å². The average Bonchev–Trinajstić information content (AvgIpc) is 2.96. The lowest BCUT2D eigenvalue weighted by Crippen LogP contribution is -2.37. The number of amides is 2. The van der Waals surface area contributed by atoms with Crippen molar-refractivity contribution in [2.75, 3.05) is 26.1 Å². The summed E-state index contributed by atoms with van der Waals surface area (Å²) in [5, 5.41) is 27.0. The Morgan fingerprint density at radius 2 is 1.95 bits per heavy atom. The van der Waals surface area contributed by atoms with Gasteiger partial charge >= 0.3 is 6.09 Å². The molecule has 6 N–H and O–H groups in total. The number of nitrogens with two attached hydrogens (primary N) is 1. The van der Waals surface area contributed by atoms with Crippen LogP contribution in [0.5, 0.6) is 0 Å². The zero-order chi connectivity index (χ0) is 32.3. The number of halogens is 1. The van der Waals surface area contributed by atoms with Gasteiger partial charge in [0.25, 0.3) is 5.91 Å². The summed E-state index contributed by atoms with van der Waals surface area (Å²) in [6, 6.07) is 0. The van der Waals surface area contributed by atoms with E-state index in [-0.39, 0.29) is 47.3 Å². The molecule has 0 aromatic rings. The lowest BCUT2D eigenvalue weighted by atomic mass is 9.84. The molecule has 6 atom stereocenters. The van der Waals surface area contributed by atoms with Gasteiger partial charge in [0, 0.05) is 48.6 Å². The van der Waals surface area contributed by atoms with E-state index in [1.807, 2.05) is 13.8 Å². The van der Waals surface area contributed by atoms with Crippen LogP contribution in [0.3, 0.4) is 0 Å². The SMILES string of the molecule is CC[C@H]1/C=C\C=C(/C)C(=O)NC2=CC(=O)C(NCCCl)=C(C[C@@H](C)C[C@H](OC)[C@H](O)[C@@H](C)/C=C(\CO)[C@@H]1OC(N)=O)C2=O. The molecular weight excluding hydrogens is 578 g/mol. The maximum atomic E-state index is 13.6. The molecule has 2 rings (SSSR count). The number of Topliss-reactive ketones (excluding diaryl/α,β-unsaturated/α-hetero) is 1. The number of ketones is 2. The van der Waals surface area contributed by atoms with Crippen LogP contribution in [-0.2, 0) is 23.9 Å². The van der Waals surface area contributed by atoms with E-state index in [9.17, 15) is 29.4 Å². The number of methoxy groups -OCH3 is 1. The number of allylic oxidation sites excluding steroid dienone is 4. The Hall–Kier alpha value is -3.25. The Kier molecular flexibility index (Phi) is 14.3. The molecule has 1 aliphatic carbocycles. The summed E-state index contributed by atoms with van der Waals surface area (Å²) in [4.78, 5) is 51.4. The van der Waals surface area contributed by atoms with Gasteiger partial charge in [-0.3, -0.25) is 14.4 Å². The highest BCUT2D eigenvalue weighted by atomic mass is 35.5. The van der Waals surface area contributed by atoms with Gasteiger partial charge in [0.15, 0.2) is 0 Å². The zero-order valence-corrected chi connectivity index (χ0v) is 26.1. The lowest BCUT2D eigenvalue weighted by molar-refractivity contribution is -0.120. The summed E-state index contributed by atoms with van der Waals surface area (Å²) in [7, 11) is 1.46. The Morgan fingerprint density at radius 3 is 2.53 bits per heavy atom. The molecule has 43 heavy (non-hydrogen) atoms. The predicted octanol–water partition coefficient (Wildman–Crippen LogP) is 2.57. The van der Waals surface area contributed by atoms with Crippen molar-refractivity contribution in [2.45, 2.75) is 65.3 Å². The van der Waals surface area contributed by atoms with Gasteiger partial charge in [-0.05, 0) is 37.7 Å². The highest BCUT2D eigenvalue weighted by Gasteiger charge is 2.33. The van der Waals surface area contributed by atoms with Crippen LogP contribution in [0.15, 0.2) is 58.5 Å². The Bertz CT molecular complexity index is 1210. The van der Waals surface area contributed by atoms with E-state index in [0.29, 0.717) is 18.4 Å². The minimum atomic E-state index is -1.03. The van der Waals surface area contributed by atoms with Crippen molar-refractivity contribution in [1.82, 2.24) is 10.6 Å². The Labute approximate surface area is 257 Å². The third kappa shape index (κ3) is 9.89. The van der Waals surface area contributed by atoms with Crippen molar-refractivity contribution >= 4 is 35.2 Å². The molecule has 0 spiro atoms. The minimum Gasteiger partial charge on any atom is -0.441 e. The summed E-state index contributed by atoms with van der Waals surface area (Å²) in [6.45, 7) is 6.83. The standard InChI is InChI=1S/C31H44ClN3O8/c1-6-20-9-7-8-18(3)30(40)35-23-15-24(37)26(34-11-10-32)22(28(23)39)12-17(2)13-25(42-5)27(38)19(4)14-21(16-36)29(20)43-31(33)41/h7-9,14-15,17,19-20,25,27,29,34,36,38H,6,10-13,16H2,1-5H3,(H2,33,41)(H,35,40)/b9-7-,18-8+,21-14+/t17-,19+,20+,25+,27-,29-/m1/s1. The van der Waals surface area contributed by atoms with E-state index in [0.717, 1.165) is 6.08 Å². The van der Waals surface area contributed by atoms with Gasteiger partial charge in [-0.2, -0.15) is 0 Å². The monoisotopic (exact) mass is 621 g/mol. The van der Waals surface area contributed by atoms with Gasteiger partial charge in [-0.1, -0.05) is 45.1 Å². The molecule has 0 saturated carbocycles. The fourth-order valence-corrected chi connectivity index (χ4v) is 5.31. The summed E-state index contributed by atoms with van der Waals surface area (Å²) >= 11 is 5.83. The molecule has 238 valence electrons. The number of primary amides is 1. The van der Waals surface area contributed by atoms with Crippen molar-refractivity contribution in [3.63, 3.8) is 0 Å². The number of aliphatic hydroxyl groups excluding tert-OH is 2. The maximum absolute atomic E-state index is 13.6. The highest BCUT2D eigenvalue weighted by molar-refractivity contribution is 6.23. The second-order valence-corrected chi connectivity index (χ2v) is 11.3. The van der Waals surface area contributed by atoms with Crippen LogP contribution in [0, 0.1) is 17.8 Å². The molecule has 12 heteroatoms. The highest BCUT2D eigenvalue weighted by Crippen LogP contribution is 2.29. The van der Waals surface area contributed by atoms with Crippen LogP contribution in [0.25, 0.3) is 0 Å². The number of carbonyl (C=O) groups is 4. The van der Waals surface area contributed by atoms with Gasteiger partial charge in [0.1, 0.15) is 6.10 Å². The van der Waals surface area contributed by atoms with Gasteiger partial charge in [-0.15, -0.1) is 11.6 Å². The first-order chi connectivity index (χ1) is 20.4. The van der Waals surface area contributed by atoms with Crippen LogP contribution in [0.1, 0.15) is 47.0 Å². The zero-order valence-electron chi connectivity index (χ0n) is 25.4. The fourth-order valence-electron chi connectivity index (χ4n) is 5.22. The first kappa shape index (κ1) is 35.9. The fraction of sp³-hybridized carbons (Fsp3) is 0.548. The van der Waals surface area contributed by atoms with E-state index in [2.05, 4.69) is 10.6 Å². The molecule has 0 aromatic heterocycles. The quantitative estimate of drug-likeness (QED) is 0.162. The van der Waals surface area contributed by atoms with Gasteiger partial charge in [-0.25, -0.2) is 4.79 Å². The second-order valence-electron chi connectivity index (χ2n) is 10.9. The second kappa shape index (κ2) is 17.1. The molecule has 0 aromatic carbocycles. The molecule has 2 aliphatic rings. The van der Waals surface area contributed by atoms with E-state index < -0.39 is 60.3 Å². The number of alkyl halides is 1. The third-order valence-corrected chi connectivity index (χ3v) is 7.78. The summed E-state index contributed by atoms with van der Waals surface area (Å²) in [5.74, 6) is -2.54. The number of hydrogen-bond acceptors (Lipinski definition) is 9. The number of carbonyl (C=O) groups excluding carboxylic acids is 4. The lowest BCUT2D eigenvalue weighted by Gasteiger charge is -2.30. The Balaban J connectivity index is 2.65. The molecule has 11 nitrogen and oxygen atoms in total. The minimum absolute atomic E-state index is 0.126. The average molecular weight is 622 g/mol. The van der Waals surface area contributed by atoms with Gasteiger partial charge in [0.2, 0.25) is 11.6 Å². The Morgan fingerprint density at radius 1 is 1.26 bits per heavy atom. The summed E-state index contributed by atoms with van der Waals surface area (Å²) in [6.07, 6.45) is 4.87. The van der Waals surface area contributed by atoms with E-state index >= 15 is 0 Å². The number of rotatable bonds is 7. The van der Waals surface area contributed by atoms with Crippen LogP contribution >= 0.6 is 11.6 Å². The number of nitrogens with one attached hydrogen (secondary N) is 2. The van der Waals surface area contributed by atoms with Crippen LogP contribution in [0.2, 0.25) is 0 Å². The van der Waals surface area contributed by atoms with Crippen LogP contribution in [0.4, 0.5) is 4.79 Å². The first-order valence-electron chi connectivity index (χ1n) is 14.4. The molecule has 2 amide bonds. The molecular formula is C31H44ClN3O8. The van der Waals surface area contributed by atoms with Crippen LogP contribution in [-0.4, -0.2) is 78.2 Å². The van der Waals surface area contributed by atoms with E-state index in [1.165, 1.54) is 13.2 Å². The number of fused-ring (bicyclic) bond motifs is 2. The van der Waals surface area contributed by atoms with Gasteiger partial charge < -0.3 is 36.1 Å². The molecule has 2 bridgehead atoms. The predicted molar refractivity (Wildman–Crippen MR) is 163 cm³/mol. The van der Waals surface area contributed by atoms with E-state index in [1.54, 1.807) is 32.1 Å². The number of aliphatic hydroxyl groups is 2. The number of ether oxygens (including phenoxy) is 2. The smallest absolute Gasteiger partial charge is 0.405 e. The molecule has 1 aliphatic heterocycles. The van der Waals surface area contributed by atoms with Crippen molar-refractivity contribution in [3.05, 3.63) is 58.5 Å². The summed E-state index contributed by atoms with van der Waals surface area (Å²) < 4.78 is 11.1. The normalized spacial score (nSPS) is 31.3. The molecule has 0 fully saturated rings. The van der Waals surface area contributed by atoms with Crippen molar-refractivity contribution in [2.24, 2.45) is 23.5 Å². The first-order valence-corrected chi connectivity index (χ1v) is 14.9. The third-order valence-electron chi connectivity index (χ3n) is 7.59. The van der Waals surface area contributed by atoms with E-state index in [4.69, 9.17) is 26.8 Å². The van der Waals surface area contributed by atoms with Crippen molar-refractivity contribution in [1.29, 1.82) is 0 Å². The maximum Gasteiger partial charge on any atom is 0.405 e.